The molecule has 2 aliphatic rings. The van der Waals surface area contributed by atoms with Crippen molar-refractivity contribution in [2.75, 3.05) is 26.2 Å². The Balaban J connectivity index is 1.38. The third-order valence-corrected chi connectivity index (χ3v) is 8.16. The number of piperidine rings is 1. The Morgan fingerprint density at radius 1 is 0.976 bits per heavy atom. The van der Waals surface area contributed by atoms with Gasteiger partial charge in [-0.05, 0) is 87.1 Å². The summed E-state index contributed by atoms with van der Waals surface area (Å²) >= 11 is 0. The summed E-state index contributed by atoms with van der Waals surface area (Å²) in [7, 11) is 0. The van der Waals surface area contributed by atoms with Gasteiger partial charge in [-0.15, -0.1) is 0 Å². The lowest BCUT2D eigenvalue weighted by atomic mass is 9.76. The van der Waals surface area contributed by atoms with Crippen molar-refractivity contribution in [2.24, 2.45) is 5.41 Å². The first-order valence-corrected chi connectivity index (χ1v) is 13.6. The Bertz CT molecular complexity index is 1490. The highest BCUT2D eigenvalue weighted by Gasteiger charge is 2.51. The van der Waals surface area contributed by atoms with Gasteiger partial charge in [0.1, 0.15) is 11.9 Å². The van der Waals surface area contributed by atoms with Gasteiger partial charge in [0, 0.05) is 42.5 Å². The Hall–Kier alpha value is -4.21. The van der Waals surface area contributed by atoms with Gasteiger partial charge in [-0.3, -0.25) is 14.6 Å². The fraction of sp³-hybridized carbons (Fsp3) is 0.355. The molecule has 2 amide bonds. The first-order chi connectivity index (χ1) is 19.6. The summed E-state index contributed by atoms with van der Waals surface area (Å²) in [5.41, 5.74) is 0.859. The number of halogens is 3. The number of nitrogens with zero attached hydrogens (tertiary/aromatic N) is 3. The maximum absolute atomic E-state index is 14.1. The summed E-state index contributed by atoms with van der Waals surface area (Å²) in [6.07, 6.45) is 2.94. The predicted molar refractivity (Wildman–Crippen MR) is 144 cm³/mol. The molecule has 2 aromatic carbocycles. The second-order valence-electron chi connectivity index (χ2n) is 10.6. The minimum absolute atomic E-state index is 0.0382. The Morgan fingerprint density at radius 3 is 2.37 bits per heavy atom. The van der Waals surface area contributed by atoms with Crippen LogP contribution in [0.3, 0.4) is 0 Å². The van der Waals surface area contributed by atoms with Gasteiger partial charge >= 0.3 is 5.97 Å². The van der Waals surface area contributed by atoms with E-state index in [1.54, 1.807) is 42.3 Å². The van der Waals surface area contributed by atoms with Crippen LogP contribution in [0.1, 0.15) is 52.5 Å². The first-order valence-electron chi connectivity index (χ1n) is 13.6. The molecule has 0 saturated carbocycles. The summed E-state index contributed by atoms with van der Waals surface area (Å²) < 4.78 is 46.6. The number of aromatic nitrogens is 1. The minimum Gasteiger partial charge on any atom is -0.464 e. The van der Waals surface area contributed by atoms with Crippen LogP contribution in [0, 0.1) is 29.8 Å². The van der Waals surface area contributed by atoms with Crippen LogP contribution in [0.5, 0.6) is 0 Å². The molecule has 1 spiro atoms. The van der Waals surface area contributed by atoms with E-state index in [9.17, 15) is 27.6 Å². The van der Waals surface area contributed by atoms with Crippen LogP contribution < -0.4 is 0 Å². The van der Waals surface area contributed by atoms with Crippen molar-refractivity contribution in [1.29, 1.82) is 0 Å². The minimum atomic E-state index is -1.04. The van der Waals surface area contributed by atoms with E-state index in [1.807, 2.05) is 0 Å². The summed E-state index contributed by atoms with van der Waals surface area (Å²) in [5, 5.41) is 0. The molecule has 0 bridgehead atoms. The standard InChI is InChI=1S/C31H30F3N3O4/c1-3-41-30(40)25-17-31(12-15-36(16-13-31)28(38)22-10-11-24(33)26(34)19(22)2)18-37(25)29(39)23-5-4-14-35-27(23)20-6-8-21(32)9-7-20/h4-11,14,25H,3,12-13,15-18H2,1-2H3. The number of esters is 1. The molecule has 2 saturated heterocycles. The van der Waals surface area contributed by atoms with Gasteiger partial charge in [0.15, 0.2) is 11.6 Å². The lowest BCUT2D eigenvalue weighted by molar-refractivity contribution is -0.147. The van der Waals surface area contributed by atoms with Gasteiger partial charge in [-0.1, -0.05) is 0 Å². The highest BCUT2D eigenvalue weighted by atomic mass is 19.2. The molecule has 10 heteroatoms. The lowest BCUT2D eigenvalue weighted by Crippen LogP contribution is -2.45. The van der Waals surface area contributed by atoms with E-state index >= 15 is 0 Å². The molecule has 2 aliphatic heterocycles. The van der Waals surface area contributed by atoms with Crippen LogP contribution in [-0.4, -0.2) is 64.9 Å². The fourth-order valence-corrected chi connectivity index (χ4v) is 5.89. The van der Waals surface area contributed by atoms with E-state index in [0.717, 1.165) is 6.07 Å². The normalized spacial score (nSPS) is 18.0. The van der Waals surface area contributed by atoms with E-state index in [1.165, 1.54) is 30.0 Å². The van der Waals surface area contributed by atoms with Crippen molar-refractivity contribution in [3.63, 3.8) is 0 Å². The number of likely N-dealkylation sites (tertiary alicyclic amines) is 2. The highest BCUT2D eigenvalue weighted by molar-refractivity contribution is 6.02. The van der Waals surface area contributed by atoms with Crippen LogP contribution in [0.25, 0.3) is 11.3 Å². The molecule has 41 heavy (non-hydrogen) atoms. The van der Waals surface area contributed by atoms with Crippen molar-refractivity contribution in [3.8, 4) is 11.3 Å². The largest absolute Gasteiger partial charge is 0.464 e. The zero-order chi connectivity index (χ0) is 29.3. The zero-order valence-electron chi connectivity index (χ0n) is 22.8. The van der Waals surface area contributed by atoms with E-state index in [2.05, 4.69) is 4.98 Å². The molecule has 1 aromatic heterocycles. The number of amides is 2. The maximum atomic E-state index is 14.1. The number of ether oxygens (including phenoxy) is 1. The van der Waals surface area contributed by atoms with Gasteiger partial charge in [0.2, 0.25) is 0 Å². The van der Waals surface area contributed by atoms with E-state index < -0.39 is 34.9 Å². The average molecular weight is 566 g/mol. The number of carbonyl (C=O) groups is 3. The second-order valence-corrected chi connectivity index (χ2v) is 10.6. The highest BCUT2D eigenvalue weighted by Crippen LogP contribution is 2.45. The average Bonchev–Trinajstić information content (AvgIpc) is 3.35. The number of rotatable bonds is 5. The number of pyridine rings is 1. The van der Waals surface area contributed by atoms with Crippen LogP contribution in [0.15, 0.2) is 54.7 Å². The second kappa shape index (κ2) is 11.3. The van der Waals surface area contributed by atoms with Crippen LogP contribution in [-0.2, 0) is 9.53 Å². The van der Waals surface area contributed by atoms with Crippen molar-refractivity contribution < 1.29 is 32.3 Å². The Kier molecular flexibility index (Phi) is 7.84. The zero-order valence-corrected chi connectivity index (χ0v) is 22.8. The molecule has 0 aliphatic carbocycles. The molecule has 5 rings (SSSR count). The molecule has 7 nitrogen and oxygen atoms in total. The van der Waals surface area contributed by atoms with Gasteiger partial charge in [-0.2, -0.15) is 0 Å². The predicted octanol–water partition coefficient (Wildman–Crippen LogP) is 5.17. The molecule has 0 radical (unpaired) electrons. The number of hydrogen-bond donors (Lipinski definition) is 0. The topological polar surface area (TPSA) is 79.8 Å². The van der Waals surface area contributed by atoms with Gasteiger partial charge in [0.05, 0.1) is 17.9 Å². The monoisotopic (exact) mass is 565 g/mol. The first kappa shape index (κ1) is 28.3. The quantitative estimate of drug-likeness (QED) is 0.399. The summed E-state index contributed by atoms with van der Waals surface area (Å²) in [6, 6.07) is 10.4. The van der Waals surface area contributed by atoms with E-state index in [4.69, 9.17) is 4.74 Å². The smallest absolute Gasteiger partial charge is 0.328 e. The molecule has 3 aromatic rings. The van der Waals surface area contributed by atoms with Crippen LogP contribution in [0.4, 0.5) is 13.2 Å². The van der Waals surface area contributed by atoms with E-state index in [-0.39, 0.29) is 41.7 Å². The fourth-order valence-electron chi connectivity index (χ4n) is 5.89. The summed E-state index contributed by atoms with van der Waals surface area (Å²) in [6.45, 7) is 4.19. The van der Waals surface area contributed by atoms with Crippen LogP contribution >= 0.6 is 0 Å². The molecule has 0 N–H and O–H groups in total. The van der Waals surface area contributed by atoms with Crippen LogP contribution in [0.2, 0.25) is 0 Å². The SMILES string of the molecule is CCOC(=O)C1CC2(CCN(C(=O)c3ccc(F)c(F)c3C)CC2)CN1C(=O)c1cccnc1-c1ccc(F)cc1. The molecule has 2 fully saturated rings. The molecule has 214 valence electrons. The van der Waals surface area contributed by atoms with Crippen molar-refractivity contribution in [1.82, 2.24) is 14.8 Å². The summed E-state index contributed by atoms with van der Waals surface area (Å²) in [5.74, 6) is -3.73. The summed E-state index contributed by atoms with van der Waals surface area (Å²) in [4.78, 5) is 47.7. The molecule has 1 atom stereocenters. The number of carbonyl (C=O) groups excluding carboxylic acids is 3. The van der Waals surface area contributed by atoms with Gasteiger partial charge in [0.25, 0.3) is 11.8 Å². The number of benzene rings is 2. The van der Waals surface area contributed by atoms with Crippen molar-refractivity contribution in [3.05, 3.63) is 88.9 Å². The molecular weight excluding hydrogens is 535 g/mol. The molecule has 1 unspecified atom stereocenters. The molecule has 3 heterocycles. The van der Waals surface area contributed by atoms with Crippen molar-refractivity contribution >= 4 is 17.8 Å². The third-order valence-electron chi connectivity index (χ3n) is 8.16. The van der Waals surface area contributed by atoms with Gasteiger partial charge < -0.3 is 14.5 Å². The maximum Gasteiger partial charge on any atom is 0.328 e. The van der Waals surface area contributed by atoms with Gasteiger partial charge in [-0.25, -0.2) is 18.0 Å². The van der Waals surface area contributed by atoms with E-state index in [0.29, 0.717) is 43.6 Å². The Labute approximate surface area is 235 Å². The molecular formula is C31H30F3N3O4. The Morgan fingerprint density at radius 2 is 1.68 bits per heavy atom. The lowest BCUT2D eigenvalue weighted by Gasteiger charge is -2.39. The van der Waals surface area contributed by atoms with Crippen molar-refractivity contribution in [2.45, 2.75) is 39.2 Å². The number of hydrogen-bond acceptors (Lipinski definition) is 5. The third kappa shape index (κ3) is 5.42.